The Balaban J connectivity index is 0.000000981. The molecule has 1 aromatic heterocycles. The Morgan fingerprint density at radius 3 is 2.31 bits per heavy atom. The maximum Gasteiger partial charge on any atom is 0 e. The molecule has 5 radical (unpaired) electrons. The van der Waals surface area contributed by atoms with Crippen LogP contribution in [-0.2, 0) is 0 Å². The first-order valence-electron chi connectivity index (χ1n) is 10.1. The molecule has 2 unspecified atom stereocenters. The Morgan fingerprint density at radius 2 is 1.90 bits per heavy atom. The molecule has 1 aliphatic carbocycles. The third kappa shape index (κ3) is 10.1. The van der Waals surface area contributed by atoms with E-state index in [9.17, 15) is 0 Å². The molecule has 0 aromatic carbocycles. The van der Waals surface area contributed by atoms with Crippen LogP contribution < -0.4 is 11.5 Å². The molecule has 2 rings (SSSR count). The van der Waals surface area contributed by atoms with Crippen LogP contribution in [0.4, 0.5) is 5.82 Å². The third-order valence-corrected chi connectivity index (χ3v) is 5.86. The molecule has 0 bridgehead atoms. The molecule has 0 aliphatic heterocycles. The molecular weight excluding hydrogens is 465 g/mol. The molecule has 1 aromatic rings. The van der Waals surface area contributed by atoms with Crippen LogP contribution in [0, 0.1) is 11.3 Å². The molecule has 2 atom stereocenters. The number of nitrogens with one attached hydrogen (secondary N) is 1. The van der Waals surface area contributed by atoms with Crippen molar-refractivity contribution in [2.45, 2.75) is 70.1 Å². The van der Waals surface area contributed by atoms with E-state index in [1.807, 2.05) is 12.1 Å². The molecular formula is C23H39BN4Sb. The van der Waals surface area contributed by atoms with Crippen LogP contribution in [0.2, 0.25) is 3.36 Å². The van der Waals surface area contributed by atoms with Crippen LogP contribution in [0.25, 0.3) is 0 Å². The van der Waals surface area contributed by atoms with Crippen molar-refractivity contribution >= 4 is 37.3 Å². The van der Waals surface area contributed by atoms with Crippen molar-refractivity contribution in [3.05, 3.63) is 47.7 Å². The van der Waals surface area contributed by atoms with Crippen molar-refractivity contribution < 1.29 is 0 Å². The van der Waals surface area contributed by atoms with Gasteiger partial charge in [-0.25, -0.2) is 0 Å². The molecule has 159 valence electrons. The minimum Gasteiger partial charge on any atom is 0 e. The van der Waals surface area contributed by atoms with Gasteiger partial charge in [0.2, 0.25) is 0 Å². The molecule has 1 saturated carbocycles. The summed E-state index contributed by atoms with van der Waals surface area (Å²) in [4.78, 5) is 0. The summed E-state index contributed by atoms with van der Waals surface area (Å²) in [6.07, 6.45) is 9.97. The average Bonchev–Trinajstić information content (AvgIpc) is 3.22. The van der Waals surface area contributed by atoms with Gasteiger partial charge in [-0.05, 0) is 43.1 Å². The SMILES string of the molecule is C=C/C=C(\C=C(/C)C(C)(C)C)C1CCC(c2cc(N)n[nH]2)C1.C[C](C)([Sb])CN.[B]. The van der Waals surface area contributed by atoms with Gasteiger partial charge < -0.3 is 5.73 Å². The second kappa shape index (κ2) is 12.1. The fourth-order valence-corrected chi connectivity index (χ4v) is 3.03. The first-order valence-corrected chi connectivity index (χ1v) is 11.4. The number of nitrogens with zero attached hydrogens (tertiary/aromatic N) is 1. The van der Waals surface area contributed by atoms with E-state index in [1.54, 1.807) is 23.0 Å². The molecule has 6 heteroatoms. The van der Waals surface area contributed by atoms with Gasteiger partial charge in [0.05, 0.1) is 0 Å². The van der Waals surface area contributed by atoms with E-state index in [1.165, 1.54) is 29.7 Å². The number of hydrogen-bond donors (Lipinski definition) is 3. The van der Waals surface area contributed by atoms with Gasteiger partial charge in [-0.1, -0.05) is 51.2 Å². The number of H-pyrrole nitrogens is 1. The Bertz CT molecular complexity index is 692. The van der Waals surface area contributed by atoms with E-state index < -0.39 is 0 Å². The Morgan fingerprint density at radius 1 is 1.31 bits per heavy atom. The summed E-state index contributed by atoms with van der Waals surface area (Å²) in [6, 6.07) is 1.97. The van der Waals surface area contributed by atoms with Crippen LogP contribution in [-0.4, -0.2) is 48.2 Å². The van der Waals surface area contributed by atoms with Gasteiger partial charge in [-0.15, -0.1) is 0 Å². The zero-order valence-corrected chi connectivity index (χ0v) is 21.7. The number of anilines is 1. The quantitative estimate of drug-likeness (QED) is 0.394. The van der Waals surface area contributed by atoms with E-state index in [-0.39, 0.29) is 13.8 Å². The fourth-order valence-electron chi connectivity index (χ4n) is 3.03. The van der Waals surface area contributed by atoms with Crippen LogP contribution in [0.15, 0.2) is 42.0 Å². The second-order valence-electron chi connectivity index (χ2n) is 9.45. The summed E-state index contributed by atoms with van der Waals surface area (Å²) in [5.41, 5.74) is 15.2. The topological polar surface area (TPSA) is 80.7 Å². The largest absolute Gasteiger partial charge is 0 e. The molecule has 1 aliphatic rings. The third-order valence-electron chi connectivity index (χ3n) is 5.34. The van der Waals surface area contributed by atoms with Gasteiger partial charge in [0.25, 0.3) is 0 Å². The second-order valence-corrected chi connectivity index (χ2v) is 12.9. The van der Waals surface area contributed by atoms with E-state index in [2.05, 4.69) is 70.5 Å². The molecule has 4 nitrogen and oxygen atoms in total. The molecule has 0 spiro atoms. The number of nitrogen functional groups attached to an aromatic ring is 1. The van der Waals surface area contributed by atoms with Crippen LogP contribution >= 0.6 is 0 Å². The van der Waals surface area contributed by atoms with Gasteiger partial charge >= 0.3 is 52.5 Å². The Kier molecular flexibility index (Phi) is 11.7. The average molecular weight is 504 g/mol. The molecule has 1 heterocycles. The summed E-state index contributed by atoms with van der Waals surface area (Å²) in [5, 5.41) is 7.13. The van der Waals surface area contributed by atoms with Gasteiger partial charge in [0, 0.05) is 26.1 Å². The van der Waals surface area contributed by atoms with Crippen LogP contribution in [0.1, 0.15) is 72.4 Å². The van der Waals surface area contributed by atoms with Crippen molar-refractivity contribution in [1.82, 2.24) is 10.2 Å². The van der Waals surface area contributed by atoms with Gasteiger partial charge in [0.1, 0.15) is 5.82 Å². The number of hydrogen-bond acceptors (Lipinski definition) is 3. The maximum absolute atomic E-state index is 5.73. The monoisotopic (exact) mass is 503 g/mol. The van der Waals surface area contributed by atoms with E-state index in [4.69, 9.17) is 11.5 Å². The predicted octanol–water partition coefficient (Wildman–Crippen LogP) is 4.91. The molecule has 1 fully saturated rings. The number of aromatic amines is 1. The molecule has 0 saturated heterocycles. The first kappa shape index (κ1) is 28.1. The summed E-state index contributed by atoms with van der Waals surface area (Å²) in [7, 11) is 0. The molecule has 5 N–H and O–H groups in total. The zero-order valence-electron chi connectivity index (χ0n) is 19.1. The summed E-state index contributed by atoms with van der Waals surface area (Å²) < 4.78 is 0.369. The molecule has 0 amide bonds. The van der Waals surface area contributed by atoms with Crippen molar-refractivity contribution in [3.8, 4) is 0 Å². The molecule has 29 heavy (non-hydrogen) atoms. The van der Waals surface area contributed by atoms with E-state index >= 15 is 0 Å². The smallest absolute Gasteiger partial charge is 0 e. The van der Waals surface area contributed by atoms with Crippen molar-refractivity contribution in [3.63, 3.8) is 0 Å². The Hall–Kier alpha value is -0.927. The number of allylic oxidation sites excluding steroid dienone is 5. The van der Waals surface area contributed by atoms with Crippen molar-refractivity contribution in [1.29, 1.82) is 0 Å². The Labute approximate surface area is 194 Å². The fraction of sp³-hybridized carbons (Fsp3) is 0.609. The number of rotatable bonds is 5. The van der Waals surface area contributed by atoms with Crippen molar-refractivity contribution in [2.75, 3.05) is 12.3 Å². The first-order chi connectivity index (χ1) is 12.9. The van der Waals surface area contributed by atoms with Crippen molar-refractivity contribution in [2.24, 2.45) is 17.1 Å². The van der Waals surface area contributed by atoms with Crippen LogP contribution in [0.3, 0.4) is 0 Å². The summed E-state index contributed by atoms with van der Waals surface area (Å²) in [6.45, 7) is 18.0. The van der Waals surface area contributed by atoms with Gasteiger partial charge in [-0.2, -0.15) is 5.10 Å². The standard InChI is InChI=1S/C19H29N3.C4H10N.B.Sb/c1-6-7-14(10-13(2)19(3,4)5)15-8-9-16(11-15)17-12-18(20)22-21-17;1-4(2)3-5;;/h6-7,10,12,15-16H,1,8-9,11H2,2-5H3,(H3,20,21,22);3,5H2,1-2H3;;/b13-10+,14-7+;;;. The number of nitrogens with two attached hydrogens (primary N) is 2. The van der Waals surface area contributed by atoms with E-state index in [0.29, 0.717) is 21.0 Å². The van der Waals surface area contributed by atoms with E-state index in [0.717, 1.165) is 13.0 Å². The maximum atomic E-state index is 5.73. The normalized spacial score (nSPS) is 20.6. The van der Waals surface area contributed by atoms with Gasteiger partial charge in [0.15, 0.2) is 0 Å². The minimum absolute atomic E-state index is 0. The predicted molar refractivity (Wildman–Crippen MR) is 129 cm³/mol. The summed E-state index contributed by atoms with van der Waals surface area (Å²) >= 11 is 1.79. The zero-order chi connectivity index (χ0) is 21.5. The number of aromatic nitrogens is 2. The van der Waals surface area contributed by atoms with Crippen LogP contribution in [0.5, 0.6) is 0 Å². The van der Waals surface area contributed by atoms with Gasteiger partial charge in [-0.3, -0.25) is 5.10 Å². The minimum atomic E-state index is 0. The summed E-state index contributed by atoms with van der Waals surface area (Å²) in [5.74, 6) is 1.71.